The average molecular weight is 310 g/mol. The predicted octanol–water partition coefficient (Wildman–Crippen LogP) is 3.59. The van der Waals surface area contributed by atoms with E-state index in [2.05, 4.69) is 13.0 Å². The maximum absolute atomic E-state index is 11.9. The number of ketones is 1. The van der Waals surface area contributed by atoms with Crippen LogP contribution >= 0.6 is 0 Å². The highest BCUT2D eigenvalue weighted by molar-refractivity contribution is 5.98. The second kappa shape index (κ2) is 12.2. The maximum Gasteiger partial charge on any atom is 0.316 e. The van der Waals surface area contributed by atoms with E-state index in [0.717, 1.165) is 12.8 Å². The summed E-state index contributed by atoms with van der Waals surface area (Å²) in [5.41, 5.74) is 2.43. The molecule has 0 amide bonds. The molecule has 22 heavy (non-hydrogen) atoms. The molecule has 0 heterocycles. The van der Waals surface area contributed by atoms with E-state index in [-0.39, 0.29) is 12.4 Å². The van der Waals surface area contributed by atoms with Crippen molar-refractivity contribution in [1.82, 2.24) is 0 Å². The van der Waals surface area contributed by atoms with Gasteiger partial charge < -0.3 is 9.84 Å². The molecular weight excluding hydrogens is 280 g/mol. The molecule has 0 aliphatic rings. The van der Waals surface area contributed by atoms with Gasteiger partial charge in [0.1, 0.15) is 11.7 Å². The molecule has 0 rings (SSSR count). The Labute approximate surface area is 134 Å². The van der Waals surface area contributed by atoms with Gasteiger partial charge in [-0.1, -0.05) is 23.3 Å². The lowest BCUT2D eigenvalue weighted by Gasteiger charge is -2.09. The highest BCUT2D eigenvalue weighted by Crippen LogP contribution is 2.13. The summed E-state index contributed by atoms with van der Waals surface area (Å²) >= 11 is 0. The molecule has 0 saturated carbocycles. The standard InChI is InChI=1S/C18H30O4/c1-5-22-18(21)16(4)17(20)12-11-15(3)9-6-8-14(2)10-7-13-19/h9-10,16,19H,5-8,11-13H2,1-4H3/b14-10+,15-9-. The lowest BCUT2D eigenvalue weighted by molar-refractivity contribution is -0.150. The number of rotatable bonds is 11. The molecule has 0 fully saturated rings. The minimum absolute atomic E-state index is 0.0646. The van der Waals surface area contributed by atoms with Crippen molar-refractivity contribution in [3.05, 3.63) is 23.3 Å². The predicted molar refractivity (Wildman–Crippen MR) is 88.5 cm³/mol. The summed E-state index contributed by atoms with van der Waals surface area (Å²) in [6, 6.07) is 0. The fourth-order valence-corrected chi connectivity index (χ4v) is 2.00. The SMILES string of the molecule is CCOC(=O)C(C)C(=O)CC/C(C)=C\CC/C(C)=C/CCO. The summed E-state index contributed by atoms with van der Waals surface area (Å²) in [5.74, 6) is -1.17. The third-order valence-electron chi connectivity index (χ3n) is 3.54. The normalized spacial score (nSPS) is 13.9. The van der Waals surface area contributed by atoms with Gasteiger partial charge in [-0.25, -0.2) is 0 Å². The lowest BCUT2D eigenvalue weighted by atomic mass is 9.99. The Morgan fingerprint density at radius 1 is 1.05 bits per heavy atom. The number of hydrogen-bond acceptors (Lipinski definition) is 4. The number of allylic oxidation sites excluding steroid dienone is 3. The first kappa shape index (κ1) is 20.6. The zero-order chi connectivity index (χ0) is 17.0. The first-order valence-corrected chi connectivity index (χ1v) is 8.03. The Morgan fingerprint density at radius 2 is 1.64 bits per heavy atom. The minimum Gasteiger partial charge on any atom is -0.465 e. The Morgan fingerprint density at radius 3 is 2.23 bits per heavy atom. The van der Waals surface area contributed by atoms with Crippen LogP contribution in [0.25, 0.3) is 0 Å². The maximum atomic E-state index is 11.9. The number of carbonyl (C=O) groups excluding carboxylic acids is 2. The third-order valence-corrected chi connectivity index (χ3v) is 3.54. The van der Waals surface area contributed by atoms with Crippen LogP contribution in [-0.4, -0.2) is 30.1 Å². The smallest absolute Gasteiger partial charge is 0.316 e. The van der Waals surface area contributed by atoms with E-state index < -0.39 is 11.9 Å². The van der Waals surface area contributed by atoms with Crippen molar-refractivity contribution in [2.45, 2.75) is 59.8 Å². The summed E-state index contributed by atoms with van der Waals surface area (Å²) in [5, 5.41) is 8.75. The van der Waals surface area contributed by atoms with Crippen molar-refractivity contribution < 1.29 is 19.4 Å². The quantitative estimate of drug-likeness (QED) is 0.360. The second-order valence-electron chi connectivity index (χ2n) is 5.59. The topological polar surface area (TPSA) is 63.6 Å². The number of carbonyl (C=O) groups is 2. The molecule has 0 aliphatic carbocycles. The van der Waals surface area contributed by atoms with E-state index in [1.54, 1.807) is 13.8 Å². The van der Waals surface area contributed by atoms with E-state index in [1.165, 1.54) is 11.1 Å². The molecule has 0 aliphatic heterocycles. The number of esters is 1. The van der Waals surface area contributed by atoms with Gasteiger partial charge in [-0.15, -0.1) is 0 Å². The van der Waals surface area contributed by atoms with Crippen LogP contribution < -0.4 is 0 Å². The van der Waals surface area contributed by atoms with Crippen LogP contribution in [0.4, 0.5) is 0 Å². The van der Waals surface area contributed by atoms with E-state index >= 15 is 0 Å². The molecule has 1 N–H and O–H groups in total. The van der Waals surface area contributed by atoms with Crippen LogP contribution in [0.2, 0.25) is 0 Å². The van der Waals surface area contributed by atoms with Crippen LogP contribution in [0.1, 0.15) is 59.8 Å². The molecule has 126 valence electrons. The van der Waals surface area contributed by atoms with E-state index in [4.69, 9.17) is 9.84 Å². The van der Waals surface area contributed by atoms with Gasteiger partial charge in [0.05, 0.1) is 6.61 Å². The van der Waals surface area contributed by atoms with Crippen LogP contribution in [0, 0.1) is 5.92 Å². The molecule has 1 unspecified atom stereocenters. The van der Waals surface area contributed by atoms with Crippen molar-refractivity contribution in [2.75, 3.05) is 13.2 Å². The lowest BCUT2D eigenvalue weighted by Crippen LogP contribution is -2.23. The molecule has 4 nitrogen and oxygen atoms in total. The summed E-state index contributed by atoms with van der Waals surface area (Å²) < 4.78 is 4.86. The van der Waals surface area contributed by atoms with Crippen LogP contribution in [0.15, 0.2) is 23.3 Å². The molecule has 0 saturated heterocycles. The van der Waals surface area contributed by atoms with Crippen molar-refractivity contribution in [1.29, 1.82) is 0 Å². The second-order valence-corrected chi connectivity index (χ2v) is 5.59. The van der Waals surface area contributed by atoms with Crippen LogP contribution in [0.5, 0.6) is 0 Å². The van der Waals surface area contributed by atoms with E-state index in [1.807, 2.05) is 13.0 Å². The first-order chi connectivity index (χ1) is 10.4. The Kier molecular flexibility index (Phi) is 11.4. The molecule has 0 radical (unpaired) electrons. The summed E-state index contributed by atoms with van der Waals surface area (Å²) in [4.78, 5) is 23.4. The van der Waals surface area contributed by atoms with Crippen molar-refractivity contribution in [2.24, 2.45) is 5.92 Å². The largest absolute Gasteiger partial charge is 0.465 e. The third kappa shape index (κ3) is 9.50. The molecule has 1 atom stereocenters. The van der Waals surface area contributed by atoms with E-state index in [9.17, 15) is 9.59 Å². The number of aliphatic hydroxyl groups excluding tert-OH is 1. The zero-order valence-corrected chi connectivity index (χ0v) is 14.4. The monoisotopic (exact) mass is 310 g/mol. The molecule has 0 bridgehead atoms. The Bertz CT molecular complexity index is 407. The fourth-order valence-electron chi connectivity index (χ4n) is 2.00. The van der Waals surface area contributed by atoms with Crippen molar-refractivity contribution in [3.8, 4) is 0 Å². The average Bonchev–Trinajstić information content (AvgIpc) is 2.49. The van der Waals surface area contributed by atoms with Gasteiger partial charge in [0.2, 0.25) is 0 Å². The van der Waals surface area contributed by atoms with Gasteiger partial charge in [-0.05, 0) is 53.4 Å². The molecule has 0 aromatic heterocycles. The number of hydrogen-bond donors (Lipinski definition) is 1. The highest BCUT2D eigenvalue weighted by atomic mass is 16.5. The summed E-state index contributed by atoms with van der Waals surface area (Å²) in [7, 11) is 0. The van der Waals surface area contributed by atoms with Gasteiger partial charge in [-0.3, -0.25) is 9.59 Å². The van der Waals surface area contributed by atoms with Gasteiger partial charge in [0.15, 0.2) is 0 Å². The van der Waals surface area contributed by atoms with Crippen LogP contribution in [0.3, 0.4) is 0 Å². The molecule has 0 spiro atoms. The first-order valence-electron chi connectivity index (χ1n) is 8.03. The van der Waals surface area contributed by atoms with Gasteiger partial charge in [0.25, 0.3) is 0 Å². The summed E-state index contributed by atoms with van der Waals surface area (Å²) in [6.07, 6.45) is 7.84. The summed E-state index contributed by atoms with van der Waals surface area (Å²) in [6.45, 7) is 7.90. The van der Waals surface area contributed by atoms with Crippen molar-refractivity contribution in [3.63, 3.8) is 0 Å². The van der Waals surface area contributed by atoms with Gasteiger partial charge in [-0.2, -0.15) is 0 Å². The number of aliphatic hydroxyl groups is 1. The number of ether oxygens (including phenoxy) is 1. The highest BCUT2D eigenvalue weighted by Gasteiger charge is 2.21. The molecule has 0 aromatic rings. The van der Waals surface area contributed by atoms with Crippen molar-refractivity contribution >= 4 is 11.8 Å². The Hall–Kier alpha value is -1.42. The minimum atomic E-state index is -0.670. The van der Waals surface area contributed by atoms with Gasteiger partial charge >= 0.3 is 5.97 Å². The zero-order valence-electron chi connectivity index (χ0n) is 14.4. The Balaban J connectivity index is 4.11. The molecular formula is C18H30O4. The molecule has 4 heteroatoms. The number of Topliss-reactive ketones (excluding diaryl/α,β-unsaturated/α-hetero) is 1. The van der Waals surface area contributed by atoms with Crippen LogP contribution in [-0.2, 0) is 14.3 Å². The van der Waals surface area contributed by atoms with Gasteiger partial charge in [0, 0.05) is 13.0 Å². The van der Waals surface area contributed by atoms with E-state index in [0.29, 0.717) is 25.9 Å². The molecule has 0 aromatic carbocycles. The fraction of sp³-hybridized carbons (Fsp3) is 0.667.